The van der Waals surface area contributed by atoms with Crippen molar-refractivity contribution < 1.29 is 0 Å². The molecule has 0 aromatic carbocycles. The zero-order valence-corrected chi connectivity index (χ0v) is 10.9. The number of rotatable bonds is 1. The summed E-state index contributed by atoms with van der Waals surface area (Å²) in [6.45, 7) is 8.99. The number of hydrogen-bond donors (Lipinski definition) is 0. The summed E-state index contributed by atoms with van der Waals surface area (Å²) in [7, 11) is 0. The van der Waals surface area contributed by atoms with E-state index in [4.69, 9.17) is 0 Å². The van der Waals surface area contributed by atoms with Crippen molar-refractivity contribution in [1.29, 1.82) is 0 Å². The molecule has 3 heteroatoms. The van der Waals surface area contributed by atoms with Crippen LogP contribution in [-0.2, 0) is 5.54 Å². The van der Waals surface area contributed by atoms with E-state index in [0.717, 1.165) is 5.92 Å². The van der Waals surface area contributed by atoms with Gasteiger partial charge in [-0.2, -0.15) is 0 Å². The van der Waals surface area contributed by atoms with Crippen molar-refractivity contribution in [3.8, 4) is 0 Å². The first kappa shape index (κ1) is 11.6. The Morgan fingerprint density at radius 2 is 1.81 bits per heavy atom. The second kappa shape index (κ2) is 4.19. The maximum absolute atomic E-state index is 4.34. The van der Waals surface area contributed by atoms with Crippen LogP contribution in [0.25, 0.3) is 0 Å². The molecule has 1 heterocycles. The molecule has 1 saturated carbocycles. The van der Waals surface area contributed by atoms with Crippen molar-refractivity contribution in [3.05, 3.63) is 12.2 Å². The molecule has 16 heavy (non-hydrogen) atoms. The van der Waals surface area contributed by atoms with Crippen LogP contribution in [0, 0.1) is 5.92 Å². The third-order valence-electron chi connectivity index (χ3n) is 3.68. The number of aromatic nitrogens is 3. The lowest BCUT2D eigenvalue weighted by molar-refractivity contribution is 0.309. The van der Waals surface area contributed by atoms with Crippen LogP contribution in [0.5, 0.6) is 0 Å². The van der Waals surface area contributed by atoms with E-state index in [0.29, 0.717) is 5.92 Å². The molecule has 0 amide bonds. The Morgan fingerprint density at radius 3 is 2.38 bits per heavy atom. The fraction of sp³-hybridized carbons (Fsp3) is 0.846. The topological polar surface area (TPSA) is 30.7 Å². The molecule has 1 aromatic heterocycles. The van der Waals surface area contributed by atoms with Gasteiger partial charge in [0.25, 0.3) is 0 Å². The molecular weight excluding hydrogens is 198 g/mol. The van der Waals surface area contributed by atoms with E-state index < -0.39 is 0 Å². The standard InChI is InChI=1S/C13H23N3/c1-10-5-7-11(8-6-10)12-15-14-9-16(12)13(2,3)4/h9-11H,5-8H2,1-4H3. The maximum atomic E-state index is 4.34. The summed E-state index contributed by atoms with van der Waals surface area (Å²) in [5, 5.41) is 8.44. The van der Waals surface area contributed by atoms with E-state index in [1.54, 1.807) is 0 Å². The molecule has 0 saturated heterocycles. The number of nitrogens with zero attached hydrogens (tertiary/aromatic N) is 3. The lowest BCUT2D eigenvalue weighted by atomic mass is 9.82. The SMILES string of the molecule is CC1CCC(c2nncn2C(C)(C)C)CC1. The molecule has 90 valence electrons. The molecule has 1 fully saturated rings. The van der Waals surface area contributed by atoms with Crippen LogP contribution in [0.3, 0.4) is 0 Å². The summed E-state index contributed by atoms with van der Waals surface area (Å²) in [5.41, 5.74) is 0.0991. The van der Waals surface area contributed by atoms with Crippen LogP contribution in [0.15, 0.2) is 6.33 Å². The minimum atomic E-state index is 0.0991. The van der Waals surface area contributed by atoms with Gasteiger partial charge in [-0.25, -0.2) is 0 Å². The lowest BCUT2D eigenvalue weighted by Gasteiger charge is -2.29. The Hall–Kier alpha value is -0.860. The van der Waals surface area contributed by atoms with E-state index in [1.807, 2.05) is 6.33 Å². The van der Waals surface area contributed by atoms with Crippen LogP contribution in [0.1, 0.15) is 65.1 Å². The van der Waals surface area contributed by atoms with E-state index in [2.05, 4.69) is 42.5 Å². The summed E-state index contributed by atoms with van der Waals surface area (Å²) in [6.07, 6.45) is 7.10. The van der Waals surface area contributed by atoms with Gasteiger partial charge in [0.1, 0.15) is 12.2 Å². The summed E-state index contributed by atoms with van der Waals surface area (Å²) in [6, 6.07) is 0. The van der Waals surface area contributed by atoms with Gasteiger partial charge >= 0.3 is 0 Å². The fourth-order valence-corrected chi connectivity index (χ4v) is 2.56. The Labute approximate surface area is 98.3 Å². The average Bonchev–Trinajstić information content (AvgIpc) is 2.66. The van der Waals surface area contributed by atoms with E-state index >= 15 is 0 Å². The van der Waals surface area contributed by atoms with Crippen molar-refractivity contribution in [2.45, 2.75) is 64.8 Å². The second-order valence-corrected chi connectivity index (χ2v) is 6.19. The van der Waals surface area contributed by atoms with Crippen molar-refractivity contribution in [3.63, 3.8) is 0 Å². The van der Waals surface area contributed by atoms with E-state index in [-0.39, 0.29) is 5.54 Å². The quantitative estimate of drug-likeness (QED) is 0.728. The van der Waals surface area contributed by atoms with Crippen LogP contribution < -0.4 is 0 Å². The molecular formula is C13H23N3. The molecule has 0 radical (unpaired) electrons. The molecule has 0 atom stereocenters. The first-order valence-electron chi connectivity index (χ1n) is 6.39. The average molecular weight is 221 g/mol. The molecule has 1 aliphatic carbocycles. The highest BCUT2D eigenvalue weighted by Gasteiger charge is 2.27. The lowest BCUT2D eigenvalue weighted by Crippen LogP contribution is -2.26. The van der Waals surface area contributed by atoms with Crippen molar-refractivity contribution in [2.75, 3.05) is 0 Å². The van der Waals surface area contributed by atoms with Crippen molar-refractivity contribution in [2.24, 2.45) is 5.92 Å². The molecule has 3 nitrogen and oxygen atoms in total. The largest absolute Gasteiger partial charge is 0.312 e. The highest BCUT2D eigenvalue weighted by atomic mass is 15.3. The molecule has 1 aromatic rings. The molecule has 0 aliphatic heterocycles. The Kier molecular flexibility index (Phi) is 3.04. The first-order valence-corrected chi connectivity index (χ1v) is 6.39. The van der Waals surface area contributed by atoms with Gasteiger partial charge in [0.2, 0.25) is 0 Å². The molecule has 0 unspecified atom stereocenters. The second-order valence-electron chi connectivity index (χ2n) is 6.19. The third kappa shape index (κ3) is 2.28. The first-order chi connectivity index (χ1) is 7.48. The van der Waals surface area contributed by atoms with Crippen LogP contribution in [-0.4, -0.2) is 14.8 Å². The fourth-order valence-electron chi connectivity index (χ4n) is 2.56. The van der Waals surface area contributed by atoms with Gasteiger partial charge in [-0.15, -0.1) is 10.2 Å². The summed E-state index contributed by atoms with van der Waals surface area (Å²) in [5.74, 6) is 2.71. The number of hydrogen-bond acceptors (Lipinski definition) is 2. The van der Waals surface area contributed by atoms with Gasteiger partial charge in [-0.3, -0.25) is 0 Å². The minimum absolute atomic E-state index is 0.0991. The highest BCUT2D eigenvalue weighted by molar-refractivity contribution is 5.01. The van der Waals surface area contributed by atoms with Gasteiger partial charge < -0.3 is 4.57 Å². The Bertz CT molecular complexity index is 340. The molecule has 1 aliphatic rings. The van der Waals surface area contributed by atoms with Crippen molar-refractivity contribution >= 4 is 0 Å². The van der Waals surface area contributed by atoms with Gasteiger partial charge in [0.05, 0.1) is 0 Å². The van der Waals surface area contributed by atoms with Gasteiger partial charge in [0.15, 0.2) is 0 Å². The zero-order chi connectivity index (χ0) is 11.8. The molecule has 0 spiro atoms. The van der Waals surface area contributed by atoms with Gasteiger partial charge in [-0.05, 0) is 39.5 Å². The smallest absolute Gasteiger partial charge is 0.136 e. The minimum Gasteiger partial charge on any atom is -0.312 e. The predicted octanol–water partition coefficient (Wildman–Crippen LogP) is 3.33. The predicted molar refractivity (Wildman–Crippen MR) is 65.4 cm³/mol. The monoisotopic (exact) mass is 221 g/mol. The Balaban J connectivity index is 2.18. The molecule has 0 N–H and O–H groups in total. The Morgan fingerprint density at radius 1 is 1.19 bits per heavy atom. The van der Waals surface area contributed by atoms with E-state index in [9.17, 15) is 0 Å². The summed E-state index contributed by atoms with van der Waals surface area (Å²) in [4.78, 5) is 0. The molecule has 2 rings (SSSR count). The third-order valence-corrected chi connectivity index (χ3v) is 3.68. The van der Waals surface area contributed by atoms with Crippen LogP contribution in [0.4, 0.5) is 0 Å². The molecule has 0 bridgehead atoms. The van der Waals surface area contributed by atoms with Crippen LogP contribution in [0.2, 0.25) is 0 Å². The normalized spacial score (nSPS) is 27.0. The highest BCUT2D eigenvalue weighted by Crippen LogP contribution is 2.35. The maximum Gasteiger partial charge on any atom is 0.136 e. The van der Waals surface area contributed by atoms with Gasteiger partial charge in [-0.1, -0.05) is 19.8 Å². The summed E-state index contributed by atoms with van der Waals surface area (Å²) >= 11 is 0. The van der Waals surface area contributed by atoms with Crippen molar-refractivity contribution in [1.82, 2.24) is 14.8 Å². The van der Waals surface area contributed by atoms with Crippen LogP contribution >= 0.6 is 0 Å². The van der Waals surface area contributed by atoms with Gasteiger partial charge in [0, 0.05) is 11.5 Å². The van der Waals surface area contributed by atoms with E-state index in [1.165, 1.54) is 31.5 Å². The zero-order valence-electron chi connectivity index (χ0n) is 10.9. The summed E-state index contributed by atoms with van der Waals surface area (Å²) < 4.78 is 2.24.